The van der Waals surface area contributed by atoms with Gasteiger partial charge in [-0.25, -0.2) is 0 Å². The van der Waals surface area contributed by atoms with Crippen LogP contribution in [0.4, 0.5) is 0 Å². The van der Waals surface area contributed by atoms with Gasteiger partial charge in [0, 0.05) is 17.6 Å². The van der Waals surface area contributed by atoms with Gasteiger partial charge in [-0.05, 0) is 46.4 Å². The molecule has 1 aromatic heterocycles. The van der Waals surface area contributed by atoms with Gasteiger partial charge < -0.3 is 19.3 Å². The third-order valence-electron chi connectivity index (χ3n) is 5.72. The Balaban J connectivity index is 1.56. The smallest absolute Gasteiger partial charge is 0.162 e. The largest absolute Gasteiger partial charge is 0.493 e. The molecule has 0 radical (unpaired) electrons. The summed E-state index contributed by atoms with van der Waals surface area (Å²) in [4.78, 5) is 4.41. The molecule has 4 aromatic rings. The monoisotopic (exact) mass is 443 g/mol. The van der Waals surface area contributed by atoms with Crippen molar-refractivity contribution in [3.05, 3.63) is 89.6 Å². The second-order valence-corrected chi connectivity index (χ2v) is 8.98. The van der Waals surface area contributed by atoms with Crippen LogP contribution in [0.3, 0.4) is 0 Å². The van der Waals surface area contributed by atoms with Crippen molar-refractivity contribution < 1.29 is 19.3 Å². The lowest BCUT2D eigenvalue weighted by atomic mass is 9.86. The van der Waals surface area contributed by atoms with Gasteiger partial charge in [0.2, 0.25) is 0 Å². The first kappa shape index (κ1) is 22.6. The highest BCUT2D eigenvalue weighted by atomic mass is 16.5. The van der Waals surface area contributed by atoms with Crippen molar-refractivity contribution in [2.24, 2.45) is 0 Å². The van der Waals surface area contributed by atoms with E-state index >= 15 is 0 Å². The van der Waals surface area contributed by atoms with Crippen LogP contribution >= 0.6 is 0 Å². The molecule has 0 aliphatic rings. The number of fused-ring (bicyclic) bond motifs is 1. The van der Waals surface area contributed by atoms with E-state index in [-0.39, 0.29) is 5.41 Å². The number of hydrogen-bond acceptors (Lipinski definition) is 5. The van der Waals surface area contributed by atoms with Crippen LogP contribution in [0.2, 0.25) is 0 Å². The molecule has 0 bridgehead atoms. The molecule has 0 aliphatic heterocycles. The highest BCUT2D eigenvalue weighted by Crippen LogP contribution is 2.37. The molecule has 1 atom stereocenters. The van der Waals surface area contributed by atoms with Gasteiger partial charge in [-0.1, -0.05) is 57.2 Å². The summed E-state index contributed by atoms with van der Waals surface area (Å²) in [7, 11) is 3.19. The molecule has 4 rings (SSSR count). The summed E-state index contributed by atoms with van der Waals surface area (Å²) in [5.41, 5.74) is 3.72. The van der Waals surface area contributed by atoms with Gasteiger partial charge in [0.25, 0.3) is 0 Å². The van der Waals surface area contributed by atoms with Gasteiger partial charge in [0.05, 0.1) is 19.7 Å². The number of nitrogens with zero attached hydrogens (tertiary/aromatic N) is 1. The van der Waals surface area contributed by atoms with Gasteiger partial charge >= 0.3 is 0 Å². The van der Waals surface area contributed by atoms with Crippen LogP contribution in [0.15, 0.2) is 72.9 Å². The Morgan fingerprint density at radius 3 is 1.91 bits per heavy atom. The average Bonchev–Trinajstić information content (AvgIpc) is 2.83. The van der Waals surface area contributed by atoms with E-state index in [9.17, 15) is 5.11 Å². The van der Waals surface area contributed by atoms with Crippen molar-refractivity contribution >= 4 is 10.9 Å². The fraction of sp³-hybridized carbons (Fsp3) is 0.250. The quantitative estimate of drug-likeness (QED) is 0.372. The zero-order chi connectivity index (χ0) is 23.6. The molecule has 1 N–H and O–H groups in total. The lowest BCUT2D eigenvalue weighted by Crippen LogP contribution is -2.11. The zero-order valence-electron chi connectivity index (χ0n) is 19.6. The first-order valence-corrected chi connectivity index (χ1v) is 10.9. The Kier molecular flexibility index (Phi) is 6.25. The topological polar surface area (TPSA) is 60.8 Å². The highest BCUT2D eigenvalue weighted by molar-refractivity contribution is 5.88. The van der Waals surface area contributed by atoms with Gasteiger partial charge in [-0.15, -0.1) is 0 Å². The van der Waals surface area contributed by atoms with Crippen molar-refractivity contribution in [1.82, 2.24) is 4.98 Å². The summed E-state index contributed by atoms with van der Waals surface area (Å²) in [6, 6.07) is 21.1. The van der Waals surface area contributed by atoms with Gasteiger partial charge in [0.15, 0.2) is 11.5 Å². The molecule has 0 saturated heterocycles. The molecule has 0 fully saturated rings. The summed E-state index contributed by atoms with van der Waals surface area (Å²) in [5, 5.41) is 11.7. The Morgan fingerprint density at radius 1 is 0.758 bits per heavy atom. The van der Waals surface area contributed by atoms with Crippen LogP contribution in [-0.2, 0) is 5.41 Å². The molecule has 0 amide bonds. The van der Waals surface area contributed by atoms with Crippen molar-refractivity contribution in [2.45, 2.75) is 32.3 Å². The fourth-order valence-corrected chi connectivity index (χ4v) is 3.74. The molecule has 5 heteroatoms. The highest BCUT2D eigenvalue weighted by Gasteiger charge is 2.16. The van der Waals surface area contributed by atoms with E-state index in [0.717, 1.165) is 22.0 Å². The first-order chi connectivity index (χ1) is 15.8. The number of rotatable bonds is 6. The molecule has 1 unspecified atom stereocenters. The van der Waals surface area contributed by atoms with E-state index in [1.165, 1.54) is 5.56 Å². The maximum Gasteiger partial charge on any atom is 0.162 e. The molecule has 0 saturated carbocycles. The van der Waals surface area contributed by atoms with E-state index in [1.54, 1.807) is 20.4 Å². The van der Waals surface area contributed by atoms with E-state index in [0.29, 0.717) is 23.0 Å². The van der Waals surface area contributed by atoms with E-state index in [2.05, 4.69) is 37.9 Å². The number of benzene rings is 3. The summed E-state index contributed by atoms with van der Waals surface area (Å²) >= 11 is 0. The lowest BCUT2D eigenvalue weighted by Gasteiger charge is -2.20. The molecule has 33 heavy (non-hydrogen) atoms. The second-order valence-electron chi connectivity index (χ2n) is 8.98. The number of aliphatic hydroxyl groups excluding tert-OH is 1. The Bertz CT molecular complexity index is 1240. The van der Waals surface area contributed by atoms with Gasteiger partial charge in [0.1, 0.15) is 17.6 Å². The summed E-state index contributed by atoms with van der Waals surface area (Å²) in [6.45, 7) is 6.53. The van der Waals surface area contributed by atoms with Crippen molar-refractivity contribution in [2.75, 3.05) is 14.2 Å². The molecule has 5 nitrogen and oxygen atoms in total. The van der Waals surface area contributed by atoms with Gasteiger partial charge in [-0.3, -0.25) is 4.98 Å². The normalized spacial score (nSPS) is 12.4. The Hall–Kier alpha value is -3.57. The van der Waals surface area contributed by atoms with Crippen molar-refractivity contribution in [3.8, 4) is 23.0 Å². The first-order valence-electron chi connectivity index (χ1n) is 10.9. The molecule has 0 spiro atoms. The summed E-state index contributed by atoms with van der Waals surface area (Å²) in [5.74, 6) is 2.55. The minimum Gasteiger partial charge on any atom is -0.493 e. The molecular formula is C28H29NO4. The average molecular weight is 444 g/mol. The number of methoxy groups -OCH3 is 2. The second kappa shape index (κ2) is 9.12. The fourth-order valence-electron chi connectivity index (χ4n) is 3.74. The van der Waals surface area contributed by atoms with E-state index < -0.39 is 6.10 Å². The minimum atomic E-state index is -0.702. The predicted octanol–water partition coefficient (Wildman–Crippen LogP) is 6.42. The third kappa shape index (κ3) is 4.78. The molecule has 1 heterocycles. The molecule has 170 valence electrons. The van der Waals surface area contributed by atoms with Crippen LogP contribution in [0.1, 0.15) is 43.6 Å². The maximum atomic E-state index is 10.8. The Morgan fingerprint density at radius 2 is 1.33 bits per heavy atom. The molecule has 3 aromatic carbocycles. The minimum absolute atomic E-state index is 0.0781. The zero-order valence-corrected chi connectivity index (χ0v) is 19.6. The SMILES string of the molecule is COc1cc2nccc(Oc3ccc(C(O)c4ccc(C(C)(C)C)cc4)cc3)c2cc1OC. The predicted molar refractivity (Wildman–Crippen MR) is 131 cm³/mol. The van der Waals surface area contributed by atoms with Crippen LogP contribution < -0.4 is 14.2 Å². The lowest BCUT2D eigenvalue weighted by molar-refractivity contribution is 0.220. The molecular weight excluding hydrogens is 414 g/mol. The van der Waals surface area contributed by atoms with Crippen LogP contribution in [-0.4, -0.2) is 24.3 Å². The molecule has 0 aliphatic carbocycles. The van der Waals surface area contributed by atoms with E-state index in [4.69, 9.17) is 14.2 Å². The summed E-state index contributed by atoms with van der Waals surface area (Å²) in [6.07, 6.45) is 0.995. The van der Waals surface area contributed by atoms with E-state index in [1.807, 2.05) is 54.6 Å². The van der Waals surface area contributed by atoms with Crippen LogP contribution in [0.25, 0.3) is 10.9 Å². The number of aliphatic hydroxyl groups is 1. The number of aromatic nitrogens is 1. The van der Waals surface area contributed by atoms with Crippen molar-refractivity contribution in [1.29, 1.82) is 0 Å². The standard InChI is InChI=1S/C28H29NO4/c1-28(2,3)20-10-6-18(7-11-20)27(30)19-8-12-21(13-9-19)33-24-14-15-29-23-17-26(32-5)25(31-4)16-22(23)24/h6-17,27,30H,1-5H3. The van der Waals surface area contributed by atoms with Crippen molar-refractivity contribution in [3.63, 3.8) is 0 Å². The number of ether oxygens (including phenoxy) is 3. The van der Waals surface area contributed by atoms with Gasteiger partial charge in [-0.2, -0.15) is 0 Å². The van der Waals surface area contributed by atoms with Crippen LogP contribution in [0, 0.1) is 0 Å². The Labute approximate surface area is 194 Å². The summed E-state index contributed by atoms with van der Waals surface area (Å²) < 4.78 is 16.9. The van der Waals surface area contributed by atoms with Crippen LogP contribution in [0.5, 0.6) is 23.0 Å². The number of hydrogen-bond donors (Lipinski definition) is 1. The third-order valence-corrected chi connectivity index (χ3v) is 5.72. The maximum absolute atomic E-state index is 10.8. The number of pyridine rings is 1.